The lowest BCUT2D eigenvalue weighted by Crippen LogP contribution is -2.49. The molecule has 1 aromatic carbocycles. The van der Waals surface area contributed by atoms with Gasteiger partial charge in [-0.15, -0.1) is 0 Å². The molecule has 5 rings (SSSR count). The van der Waals surface area contributed by atoms with Crippen molar-refractivity contribution in [2.45, 2.75) is 65.0 Å². The molecule has 1 aliphatic carbocycles. The number of carbonyl (C=O) groups excluding carboxylic acids is 2. The van der Waals surface area contributed by atoms with Gasteiger partial charge >= 0.3 is 12.1 Å². The maximum absolute atomic E-state index is 13.6. The second-order valence-electron chi connectivity index (χ2n) is 11.4. The van der Waals surface area contributed by atoms with Crippen LogP contribution in [0.15, 0.2) is 42.7 Å². The summed E-state index contributed by atoms with van der Waals surface area (Å²) in [7, 11) is 1.63. The zero-order chi connectivity index (χ0) is 27.6. The highest BCUT2D eigenvalue weighted by molar-refractivity contribution is 5.94. The van der Waals surface area contributed by atoms with Gasteiger partial charge in [-0.3, -0.25) is 4.90 Å². The highest BCUT2D eigenvalue weighted by atomic mass is 16.6. The Labute approximate surface area is 229 Å². The van der Waals surface area contributed by atoms with Crippen molar-refractivity contribution in [3.63, 3.8) is 0 Å². The molecule has 39 heavy (non-hydrogen) atoms. The minimum atomic E-state index is -0.613. The van der Waals surface area contributed by atoms with Crippen LogP contribution in [0, 0.1) is 5.92 Å². The summed E-state index contributed by atoms with van der Waals surface area (Å²) in [6.07, 6.45) is 8.63. The van der Waals surface area contributed by atoms with Crippen LogP contribution in [0.1, 0.15) is 58.4 Å². The van der Waals surface area contributed by atoms with Crippen LogP contribution in [0.3, 0.4) is 0 Å². The molecule has 2 fully saturated rings. The molecule has 0 N–H and O–H groups in total. The van der Waals surface area contributed by atoms with E-state index < -0.39 is 11.7 Å². The molecule has 2 amide bonds. The quantitative estimate of drug-likeness (QED) is 0.341. The minimum absolute atomic E-state index is 0.0663. The van der Waals surface area contributed by atoms with Gasteiger partial charge in [0, 0.05) is 49.2 Å². The monoisotopic (exact) mass is 534 g/mol. The van der Waals surface area contributed by atoms with Gasteiger partial charge in [-0.05, 0) is 69.4 Å². The average molecular weight is 535 g/mol. The summed E-state index contributed by atoms with van der Waals surface area (Å²) in [5.74, 6) is 2.10. The second kappa shape index (κ2) is 11.2. The van der Waals surface area contributed by atoms with E-state index in [1.807, 2.05) is 56.0 Å². The topological polar surface area (TPSA) is 86.1 Å². The van der Waals surface area contributed by atoms with E-state index in [9.17, 15) is 9.59 Å². The Morgan fingerprint density at radius 3 is 2.62 bits per heavy atom. The molecule has 0 bridgehead atoms. The summed E-state index contributed by atoms with van der Waals surface area (Å²) in [5, 5.41) is 0.819. The first-order chi connectivity index (χ1) is 18.7. The van der Waals surface area contributed by atoms with Gasteiger partial charge in [-0.25, -0.2) is 19.1 Å². The number of amides is 2. The van der Waals surface area contributed by atoms with E-state index in [0.717, 1.165) is 35.4 Å². The van der Waals surface area contributed by atoms with Crippen molar-refractivity contribution in [3.8, 4) is 11.5 Å². The first kappa shape index (κ1) is 26.8. The lowest BCUT2D eigenvalue weighted by atomic mass is 9.83. The molecule has 9 heteroatoms. The largest absolute Gasteiger partial charge is 0.493 e. The van der Waals surface area contributed by atoms with Crippen molar-refractivity contribution in [3.05, 3.63) is 48.3 Å². The Kier molecular flexibility index (Phi) is 7.68. The summed E-state index contributed by atoms with van der Waals surface area (Å²) >= 11 is 0. The third-order valence-electron chi connectivity index (χ3n) is 7.41. The van der Waals surface area contributed by atoms with Gasteiger partial charge in [0.25, 0.3) is 0 Å². The zero-order valence-corrected chi connectivity index (χ0v) is 23.3. The molecule has 0 radical (unpaired) electrons. The summed E-state index contributed by atoms with van der Waals surface area (Å²) in [5.41, 5.74) is 1.62. The third kappa shape index (κ3) is 5.97. The van der Waals surface area contributed by atoms with Gasteiger partial charge in [0.15, 0.2) is 11.5 Å². The van der Waals surface area contributed by atoms with Crippen LogP contribution in [0.2, 0.25) is 0 Å². The van der Waals surface area contributed by atoms with Gasteiger partial charge in [-0.2, -0.15) is 0 Å². The van der Waals surface area contributed by atoms with Crippen LogP contribution in [0.4, 0.5) is 15.3 Å². The Morgan fingerprint density at radius 2 is 1.90 bits per heavy atom. The number of carbonyl (C=O) groups is 2. The number of fused-ring (bicyclic) bond motifs is 1. The fourth-order valence-corrected chi connectivity index (χ4v) is 5.13. The number of rotatable bonds is 8. The van der Waals surface area contributed by atoms with Gasteiger partial charge in [-0.1, -0.05) is 19.3 Å². The van der Waals surface area contributed by atoms with Crippen LogP contribution < -0.4 is 14.4 Å². The maximum Gasteiger partial charge on any atom is 0.420 e. The van der Waals surface area contributed by atoms with E-state index in [2.05, 4.69) is 4.98 Å². The van der Waals surface area contributed by atoms with Crippen LogP contribution in [0.5, 0.6) is 11.5 Å². The van der Waals surface area contributed by atoms with Crippen LogP contribution in [-0.2, 0) is 11.3 Å². The molecule has 0 atom stereocenters. The molecule has 0 spiro atoms. The minimum Gasteiger partial charge on any atom is -0.493 e. The molecule has 2 aromatic heterocycles. The highest BCUT2D eigenvalue weighted by Crippen LogP contribution is 2.35. The fraction of sp³-hybridized carbons (Fsp3) is 0.500. The van der Waals surface area contributed by atoms with Crippen LogP contribution in [0.25, 0.3) is 11.0 Å². The number of hydrogen-bond acceptors (Lipinski definition) is 6. The molecule has 0 unspecified atom stereocenters. The number of hydrogen-bond donors (Lipinski definition) is 0. The van der Waals surface area contributed by atoms with Crippen molar-refractivity contribution in [2.75, 3.05) is 31.7 Å². The van der Waals surface area contributed by atoms with Crippen molar-refractivity contribution >= 4 is 28.8 Å². The predicted octanol–water partition coefficient (Wildman–Crippen LogP) is 6.23. The normalized spacial score (nSPS) is 16.4. The first-order valence-corrected chi connectivity index (χ1v) is 13.8. The molecule has 3 aromatic rings. The number of aromatic nitrogens is 2. The lowest BCUT2D eigenvalue weighted by Gasteiger charge is -2.36. The van der Waals surface area contributed by atoms with E-state index in [-0.39, 0.29) is 6.03 Å². The van der Waals surface area contributed by atoms with Gasteiger partial charge in [0.2, 0.25) is 0 Å². The summed E-state index contributed by atoms with van der Waals surface area (Å²) in [6.45, 7) is 7.82. The SMILES string of the molecule is COc1ccc(N2CCCN(Cc3ccnc4c3ccn4C(=O)OC(C)(C)C)C2=O)cc1OCCC1CCC1. The Hall–Kier alpha value is -3.75. The Morgan fingerprint density at radius 1 is 1.08 bits per heavy atom. The molecule has 208 valence electrons. The number of nitrogens with zero attached hydrogens (tertiary/aromatic N) is 4. The second-order valence-corrected chi connectivity index (χ2v) is 11.4. The standard InChI is InChI=1S/C30H38N4O5/c1-30(2,3)39-29(36)34-17-12-24-22(11-14-31-27(24)34)20-32-15-6-16-33(28(32)35)23-9-10-25(37-4)26(19-23)38-18-13-21-7-5-8-21/h9-12,14,17,19,21H,5-8,13,15-16,18,20H2,1-4H3. The van der Waals surface area contributed by atoms with Gasteiger partial charge < -0.3 is 19.1 Å². The van der Waals surface area contributed by atoms with Crippen molar-refractivity contribution in [1.29, 1.82) is 0 Å². The molecule has 1 aliphatic heterocycles. The first-order valence-electron chi connectivity index (χ1n) is 13.8. The molecule has 2 aliphatic rings. The van der Waals surface area contributed by atoms with Gasteiger partial charge in [0.05, 0.1) is 13.7 Å². The molecule has 9 nitrogen and oxygen atoms in total. The summed E-state index contributed by atoms with van der Waals surface area (Å²) < 4.78 is 18.6. The van der Waals surface area contributed by atoms with E-state index >= 15 is 0 Å². The number of ether oxygens (including phenoxy) is 3. The average Bonchev–Trinajstić information content (AvgIpc) is 3.31. The third-order valence-corrected chi connectivity index (χ3v) is 7.41. The van der Waals surface area contributed by atoms with E-state index in [1.165, 1.54) is 23.8 Å². The summed E-state index contributed by atoms with van der Waals surface area (Å²) in [6, 6.07) is 9.37. The number of methoxy groups -OCH3 is 1. The molecule has 1 saturated heterocycles. The smallest absolute Gasteiger partial charge is 0.420 e. The molecular weight excluding hydrogens is 496 g/mol. The number of benzene rings is 1. The fourth-order valence-electron chi connectivity index (χ4n) is 5.13. The summed E-state index contributed by atoms with van der Waals surface area (Å²) in [4.78, 5) is 34.4. The predicted molar refractivity (Wildman–Crippen MR) is 150 cm³/mol. The maximum atomic E-state index is 13.6. The van der Waals surface area contributed by atoms with Crippen molar-refractivity contribution in [1.82, 2.24) is 14.5 Å². The zero-order valence-electron chi connectivity index (χ0n) is 23.3. The van der Waals surface area contributed by atoms with Crippen LogP contribution in [-0.4, -0.2) is 59.0 Å². The van der Waals surface area contributed by atoms with E-state index in [0.29, 0.717) is 43.4 Å². The molecular formula is C30H38N4O5. The lowest BCUT2D eigenvalue weighted by molar-refractivity contribution is 0.0543. The van der Waals surface area contributed by atoms with E-state index in [4.69, 9.17) is 14.2 Å². The van der Waals surface area contributed by atoms with Crippen molar-refractivity contribution < 1.29 is 23.8 Å². The Balaban J connectivity index is 1.32. The van der Waals surface area contributed by atoms with Crippen LogP contribution >= 0.6 is 0 Å². The van der Waals surface area contributed by atoms with E-state index in [1.54, 1.807) is 24.4 Å². The highest BCUT2D eigenvalue weighted by Gasteiger charge is 2.29. The Bertz CT molecular complexity index is 1340. The number of pyridine rings is 1. The van der Waals surface area contributed by atoms with Gasteiger partial charge in [0.1, 0.15) is 11.2 Å². The molecule has 1 saturated carbocycles. The van der Waals surface area contributed by atoms with Crippen molar-refractivity contribution in [2.24, 2.45) is 5.92 Å². The molecule has 3 heterocycles. The number of anilines is 1. The number of urea groups is 1.